The molecule has 1 saturated heterocycles. The summed E-state index contributed by atoms with van der Waals surface area (Å²) in [5.41, 5.74) is 3.12. The predicted octanol–water partition coefficient (Wildman–Crippen LogP) is 3.07. The lowest BCUT2D eigenvalue weighted by Gasteiger charge is -2.33. The molecular formula is C20H25N5O. The molecule has 1 aromatic carbocycles. The average molecular weight is 351 g/mol. The van der Waals surface area contributed by atoms with Crippen LogP contribution in [0, 0.1) is 0 Å². The Bertz CT molecular complexity index is 891. The van der Waals surface area contributed by atoms with Crippen LogP contribution >= 0.6 is 0 Å². The lowest BCUT2D eigenvalue weighted by atomic mass is 10.0. The summed E-state index contributed by atoms with van der Waals surface area (Å²) in [4.78, 5) is 7.06. The molecule has 3 heterocycles. The van der Waals surface area contributed by atoms with E-state index in [-0.39, 0.29) is 0 Å². The van der Waals surface area contributed by atoms with E-state index >= 15 is 0 Å². The molecule has 0 aliphatic carbocycles. The van der Waals surface area contributed by atoms with Crippen molar-refractivity contribution in [2.75, 3.05) is 18.4 Å². The maximum absolute atomic E-state index is 9.67. The number of anilines is 1. The van der Waals surface area contributed by atoms with Gasteiger partial charge in [0.2, 0.25) is 0 Å². The van der Waals surface area contributed by atoms with Crippen molar-refractivity contribution in [3.05, 3.63) is 53.9 Å². The van der Waals surface area contributed by atoms with Crippen LogP contribution < -0.4 is 5.32 Å². The summed E-state index contributed by atoms with van der Waals surface area (Å²) in [7, 11) is 0. The predicted molar refractivity (Wildman–Crippen MR) is 102 cm³/mol. The molecule has 1 unspecified atom stereocenters. The van der Waals surface area contributed by atoms with Crippen molar-refractivity contribution in [2.24, 2.45) is 0 Å². The lowest BCUT2D eigenvalue weighted by Crippen LogP contribution is -2.42. The quantitative estimate of drug-likeness (QED) is 0.739. The van der Waals surface area contributed by atoms with Crippen LogP contribution in [-0.4, -0.2) is 43.7 Å². The number of aryl methyl sites for hydroxylation is 1. The van der Waals surface area contributed by atoms with Crippen molar-refractivity contribution in [1.82, 2.24) is 19.5 Å². The van der Waals surface area contributed by atoms with E-state index in [1.165, 1.54) is 0 Å². The number of aromatic hydroxyl groups is 1. The summed E-state index contributed by atoms with van der Waals surface area (Å²) >= 11 is 0. The van der Waals surface area contributed by atoms with E-state index in [0.29, 0.717) is 11.8 Å². The molecule has 26 heavy (non-hydrogen) atoms. The number of aromatic nitrogens is 3. The van der Waals surface area contributed by atoms with E-state index in [9.17, 15) is 5.11 Å². The van der Waals surface area contributed by atoms with E-state index in [2.05, 4.69) is 39.4 Å². The molecule has 0 saturated carbocycles. The fraction of sp³-hybridized carbons (Fsp3) is 0.400. The number of rotatable bonds is 5. The van der Waals surface area contributed by atoms with Gasteiger partial charge in [0.25, 0.3) is 0 Å². The molecule has 0 amide bonds. The van der Waals surface area contributed by atoms with Crippen LogP contribution in [0.15, 0.2) is 42.6 Å². The first-order chi connectivity index (χ1) is 12.7. The van der Waals surface area contributed by atoms with Gasteiger partial charge in [0, 0.05) is 37.0 Å². The smallest absolute Gasteiger partial charge is 0.157 e. The third-order valence-electron chi connectivity index (χ3n) is 4.95. The molecule has 3 aromatic rings. The Morgan fingerprint density at radius 1 is 1.27 bits per heavy atom. The first-order valence-electron chi connectivity index (χ1n) is 9.32. The zero-order valence-corrected chi connectivity index (χ0v) is 15.1. The van der Waals surface area contributed by atoms with Crippen molar-refractivity contribution in [1.29, 1.82) is 0 Å². The highest BCUT2D eigenvalue weighted by Gasteiger charge is 2.21. The second-order valence-corrected chi connectivity index (χ2v) is 6.98. The molecule has 136 valence electrons. The standard InChI is InChI=1S/C20H25N5O/c1-2-16-12-20(25-19(22-16)8-9-21-25)23-17-6-4-10-24(14-17)13-15-5-3-7-18(26)11-15/h3,5,7-9,11-12,17,23,26H,2,4,6,10,13-14H2,1H3. The second kappa shape index (κ2) is 7.33. The van der Waals surface area contributed by atoms with Crippen LogP contribution in [0.3, 0.4) is 0 Å². The largest absolute Gasteiger partial charge is 0.508 e. The zero-order chi connectivity index (χ0) is 17.9. The van der Waals surface area contributed by atoms with Gasteiger partial charge in [0.15, 0.2) is 5.65 Å². The topological polar surface area (TPSA) is 65.7 Å². The van der Waals surface area contributed by atoms with E-state index in [4.69, 9.17) is 0 Å². The average Bonchev–Trinajstić information content (AvgIpc) is 3.11. The van der Waals surface area contributed by atoms with Crippen molar-refractivity contribution in [2.45, 2.75) is 38.8 Å². The Kier molecular flexibility index (Phi) is 4.75. The summed E-state index contributed by atoms with van der Waals surface area (Å²) in [6.07, 6.45) is 5.00. The van der Waals surface area contributed by atoms with Crippen molar-refractivity contribution in [3.8, 4) is 5.75 Å². The highest BCUT2D eigenvalue weighted by molar-refractivity contribution is 5.49. The number of hydrogen-bond acceptors (Lipinski definition) is 5. The summed E-state index contributed by atoms with van der Waals surface area (Å²) in [5.74, 6) is 1.35. The number of phenolic OH excluding ortho intramolecular Hbond substituents is 1. The van der Waals surface area contributed by atoms with Gasteiger partial charge in [0.1, 0.15) is 11.6 Å². The second-order valence-electron chi connectivity index (χ2n) is 6.98. The van der Waals surface area contributed by atoms with Gasteiger partial charge < -0.3 is 10.4 Å². The van der Waals surface area contributed by atoms with Crippen LogP contribution in [-0.2, 0) is 13.0 Å². The molecule has 2 aromatic heterocycles. The van der Waals surface area contributed by atoms with E-state index in [0.717, 1.165) is 61.6 Å². The Morgan fingerprint density at radius 3 is 3.04 bits per heavy atom. The van der Waals surface area contributed by atoms with Gasteiger partial charge in [-0.2, -0.15) is 9.61 Å². The van der Waals surface area contributed by atoms with Crippen molar-refractivity contribution >= 4 is 11.5 Å². The summed E-state index contributed by atoms with van der Waals surface area (Å²) in [6.45, 7) is 5.04. The van der Waals surface area contributed by atoms with Gasteiger partial charge in [-0.3, -0.25) is 4.90 Å². The van der Waals surface area contributed by atoms with Crippen LogP contribution in [0.2, 0.25) is 0 Å². The minimum Gasteiger partial charge on any atom is -0.508 e. The minimum absolute atomic E-state index is 0.333. The number of hydrogen-bond donors (Lipinski definition) is 2. The summed E-state index contributed by atoms with van der Waals surface area (Å²) in [5, 5.41) is 17.8. The van der Waals surface area contributed by atoms with Crippen LogP contribution in [0.5, 0.6) is 5.75 Å². The molecule has 1 atom stereocenters. The molecular weight excluding hydrogens is 326 g/mol. The maximum atomic E-state index is 9.67. The number of piperidine rings is 1. The first-order valence-corrected chi connectivity index (χ1v) is 9.32. The van der Waals surface area contributed by atoms with E-state index < -0.39 is 0 Å². The zero-order valence-electron chi connectivity index (χ0n) is 15.1. The number of nitrogens with zero attached hydrogens (tertiary/aromatic N) is 4. The number of nitrogens with one attached hydrogen (secondary N) is 1. The maximum Gasteiger partial charge on any atom is 0.157 e. The van der Waals surface area contributed by atoms with E-state index in [1.54, 1.807) is 12.3 Å². The SMILES string of the molecule is CCc1cc(NC2CCCN(Cc3cccc(O)c3)C2)n2nccc2n1. The molecule has 0 bridgehead atoms. The van der Waals surface area contributed by atoms with Crippen molar-refractivity contribution in [3.63, 3.8) is 0 Å². The molecule has 2 N–H and O–H groups in total. The third-order valence-corrected chi connectivity index (χ3v) is 4.95. The number of phenols is 1. The highest BCUT2D eigenvalue weighted by atomic mass is 16.3. The van der Waals surface area contributed by atoms with Gasteiger partial charge in [0.05, 0.1) is 6.20 Å². The van der Waals surface area contributed by atoms with Gasteiger partial charge >= 0.3 is 0 Å². The number of likely N-dealkylation sites (tertiary alicyclic amines) is 1. The fourth-order valence-electron chi connectivity index (χ4n) is 3.69. The Hall–Kier alpha value is -2.60. The highest BCUT2D eigenvalue weighted by Crippen LogP contribution is 2.20. The molecule has 6 heteroatoms. The molecule has 0 spiro atoms. The number of fused-ring (bicyclic) bond motifs is 1. The number of benzene rings is 1. The van der Waals surface area contributed by atoms with Crippen LogP contribution in [0.25, 0.3) is 5.65 Å². The normalized spacial score (nSPS) is 18.3. The first kappa shape index (κ1) is 16.8. The molecule has 4 rings (SSSR count). The Labute approximate surface area is 153 Å². The Balaban J connectivity index is 1.48. The van der Waals surface area contributed by atoms with Gasteiger partial charge in [-0.15, -0.1) is 0 Å². The molecule has 0 radical (unpaired) electrons. The monoisotopic (exact) mass is 351 g/mol. The van der Waals surface area contributed by atoms with E-state index in [1.807, 2.05) is 22.7 Å². The van der Waals surface area contributed by atoms with Gasteiger partial charge in [-0.25, -0.2) is 4.98 Å². The van der Waals surface area contributed by atoms with Crippen LogP contribution in [0.1, 0.15) is 31.0 Å². The van der Waals surface area contributed by atoms with Crippen molar-refractivity contribution < 1.29 is 5.11 Å². The van der Waals surface area contributed by atoms with Gasteiger partial charge in [-0.1, -0.05) is 19.1 Å². The molecule has 1 aliphatic heterocycles. The molecule has 1 aliphatic rings. The molecule has 1 fully saturated rings. The fourth-order valence-corrected chi connectivity index (χ4v) is 3.69. The van der Waals surface area contributed by atoms with Gasteiger partial charge in [-0.05, 0) is 43.5 Å². The van der Waals surface area contributed by atoms with Crippen LogP contribution in [0.4, 0.5) is 5.82 Å². The minimum atomic E-state index is 0.333. The third kappa shape index (κ3) is 3.65. The summed E-state index contributed by atoms with van der Waals surface area (Å²) in [6, 6.07) is 12.0. The Morgan fingerprint density at radius 2 is 2.19 bits per heavy atom. The lowest BCUT2D eigenvalue weighted by molar-refractivity contribution is 0.208. The molecule has 6 nitrogen and oxygen atoms in total. The summed E-state index contributed by atoms with van der Waals surface area (Å²) < 4.78 is 1.88.